The number of non-ortho nitro benzene ring substituents is 1. The summed E-state index contributed by atoms with van der Waals surface area (Å²) in [5, 5.41) is 13.0. The summed E-state index contributed by atoms with van der Waals surface area (Å²) in [5.41, 5.74) is -0.284. The van der Waals surface area contributed by atoms with Crippen molar-refractivity contribution in [1.82, 2.24) is 0 Å². The summed E-state index contributed by atoms with van der Waals surface area (Å²) in [5.74, 6) is -2.43. The average Bonchev–Trinajstić information content (AvgIpc) is 2.53. The molecular weight excluding hydrogens is 307 g/mol. The lowest BCUT2D eigenvalue weighted by molar-refractivity contribution is -0.384. The highest BCUT2D eigenvalue weighted by Crippen LogP contribution is 2.17. The number of nitrogens with one attached hydrogen (secondary N) is 1. The fourth-order valence-electron chi connectivity index (χ4n) is 1.73. The van der Waals surface area contributed by atoms with Crippen molar-refractivity contribution in [2.75, 3.05) is 11.9 Å². The van der Waals surface area contributed by atoms with Gasteiger partial charge in [0.05, 0.1) is 10.5 Å². The van der Waals surface area contributed by atoms with Crippen molar-refractivity contribution < 1.29 is 23.6 Å². The monoisotopic (exact) mass is 318 g/mol. The van der Waals surface area contributed by atoms with Crippen molar-refractivity contribution in [3.63, 3.8) is 0 Å². The normalized spacial score (nSPS) is 9.96. The van der Waals surface area contributed by atoms with Crippen LogP contribution in [-0.2, 0) is 9.53 Å². The van der Waals surface area contributed by atoms with Crippen LogP contribution >= 0.6 is 0 Å². The highest BCUT2D eigenvalue weighted by Gasteiger charge is 2.14. The number of esters is 1. The number of carbonyl (C=O) groups excluding carboxylic acids is 2. The molecular formula is C15H11FN2O5. The number of halogens is 1. The molecule has 118 valence electrons. The minimum Gasteiger partial charge on any atom is -0.452 e. The zero-order valence-electron chi connectivity index (χ0n) is 11.7. The molecule has 0 unspecified atom stereocenters. The zero-order chi connectivity index (χ0) is 16.8. The number of carbonyl (C=O) groups is 2. The Morgan fingerprint density at radius 1 is 1.17 bits per heavy atom. The first-order valence-electron chi connectivity index (χ1n) is 6.43. The predicted molar refractivity (Wildman–Crippen MR) is 78.4 cm³/mol. The molecule has 2 rings (SSSR count). The molecule has 8 heteroatoms. The third-order valence-corrected chi connectivity index (χ3v) is 2.77. The van der Waals surface area contributed by atoms with Crippen LogP contribution in [0.15, 0.2) is 48.5 Å². The summed E-state index contributed by atoms with van der Waals surface area (Å²) < 4.78 is 18.1. The van der Waals surface area contributed by atoms with Gasteiger partial charge in [-0.05, 0) is 18.2 Å². The molecule has 0 aliphatic heterocycles. The van der Waals surface area contributed by atoms with Crippen molar-refractivity contribution >= 4 is 23.3 Å². The minimum atomic E-state index is -0.975. The van der Waals surface area contributed by atoms with Gasteiger partial charge in [0.2, 0.25) is 0 Å². The number of amides is 1. The van der Waals surface area contributed by atoms with E-state index >= 15 is 0 Å². The molecule has 0 saturated heterocycles. The van der Waals surface area contributed by atoms with Crippen LogP contribution in [0.3, 0.4) is 0 Å². The van der Waals surface area contributed by atoms with Crippen molar-refractivity contribution in [3.8, 4) is 0 Å². The second kappa shape index (κ2) is 7.12. The molecule has 0 aliphatic carbocycles. The van der Waals surface area contributed by atoms with Crippen molar-refractivity contribution in [3.05, 3.63) is 70.0 Å². The number of rotatable bonds is 5. The van der Waals surface area contributed by atoms with E-state index in [9.17, 15) is 24.1 Å². The van der Waals surface area contributed by atoms with Crippen LogP contribution < -0.4 is 5.32 Å². The largest absolute Gasteiger partial charge is 0.452 e. The Kier molecular flexibility index (Phi) is 4.98. The molecule has 1 amide bonds. The first kappa shape index (κ1) is 16.1. The number of hydrogen-bond donors (Lipinski definition) is 1. The maximum Gasteiger partial charge on any atom is 0.341 e. The van der Waals surface area contributed by atoms with Gasteiger partial charge in [0.25, 0.3) is 11.6 Å². The fraction of sp³-hybridized carbons (Fsp3) is 0.0667. The number of nitro groups is 1. The molecule has 0 radical (unpaired) electrons. The van der Waals surface area contributed by atoms with Gasteiger partial charge in [-0.2, -0.15) is 0 Å². The average molecular weight is 318 g/mol. The summed E-state index contributed by atoms with van der Waals surface area (Å²) in [6, 6.07) is 10.5. The van der Waals surface area contributed by atoms with E-state index in [4.69, 9.17) is 4.74 Å². The summed E-state index contributed by atoms with van der Waals surface area (Å²) in [4.78, 5) is 33.3. The van der Waals surface area contributed by atoms with Crippen LogP contribution in [0.2, 0.25) is 0 Å². The lowest BCUT2D eigenvalue weighted by Gasteiger charge is -2.07. The number of anilines is 1. The highest BCUT2D eigenvalue weighted by atomic mass is 19.1. The Morgan fingerprint density at radius 2 is 1.91 bits per heavy atom. The molecule has 0 aromatic heterocycles. The molecule has 0 heterocycles. The van der Waals surface area contributed by atoms with E-state index < -0.39 is 29.2 Å². The summed E-state index contributed by atoms with van der Waals surface area (Å²) >= 11 is 0. The second-order valence-corrected chi connectivity index (χ2v) is 4.41. The fourth-order valence-corrected chi connectivity index (χ4v) is 1.73. The Morgan fingerprint density at radius 3 is 2.61 bits per heavy atom. The molecule has 23 heavy (non-hydrogen) atoms. The first-order chi connectivity index (χ1) is 11.0. The quantitative estimate of drug-likeness (QED) is 0.519. The van der Waals surface area contributed by atoms with Gasteiger partial charge < -0.3 is 10.1 Å². The van der Waals surface area contributed by atoms with E-state index in [0.29, 0.717) is 0 Å². The molecule has 0 spiro atoms. The number of nitrogens with zero attached hydrogens (tertiary/aromatic N) is 1. The third-order valence-electron chi connectivity index (χ3n) is 2.77. The van der Waals surface area contributed by atoms with E-state index in [2.05, 4.69) is 5.32 Å². The number of benzene rings is 2. The van der Waals surface area contributed by atoms with E-state index in [-0.39, 0.29) is 16.9 Å². The van der Waals surface area contributed by atoms with Crippen LogP contribution in [0.4, 0.5) is 15.8 Å². The third kappa shape index (κ3) is 4.34. The summed E-state index contributed by atoms with van der Waals surface area (Å²) in [6.07, 6.45) is 0. The van der Waals surface area contributed by atoms with Gasteiger partial charge in [0, 0.05) is 17.8 Å². The van der Waals surface area contributed by atoms with Crippen LogP contribution in [0.1, 0.15) is 10.4 Å². The van der Waals surface area contributed by atoms with Crippen molar-refractivity contribution in [2.45, 2.75) is 0 Å². The summed E-state index contributed by atoms with van der Waals surface area (Å²) in [7, 11) is 0. The van der Waals surface area contributed by atoms with Gasteiger partial charge in [-0.25, -0.2) is 9.18 Å². The lowest BCUT2D eigenvalue weighted by atomic mass is 10.2. The number of hydrogen-bond acceptors (Lipinski definition) is 5. The number of ether oxygens (including phenoxy) is 1. The molecule has 0 fully saturated rings. The highest BCUT2D eigenvalue weighted by molar-refractivity contribution is 5.95. The van der Waals surface area contributed by atoms with Gasteiger partial charge in [-0.15, -0.1) is 0 Å². The molecule has 2 aromatic rings. The van der Waals surface area contributed by atoms with Crippen LogP contribution in [0.5, 0.6) is 0 Å². The number of nitro benzene ring substituents is 1. The van der Waals surface area contributed by atoms with Gasteiger partial charge in [0.1, 0.15) is 5.82 Å². The maximum absolute atomic E-state index is 13.4. The molecule has 0 bridgehead atoms. The van der Waals surface area contributed by atoms with Gasteiger partial charge in [-0.1, -0.05) is 18.2 Å². The second-order valence-electron chi connectivity index (χ2n) is 4.41. The Bertz CT molecular complexity index is 763. The maximum atomic E-state index is 13.4. The SMILES string of the molecule is O=C(COC(=O)c1ccccc1F)Nc1cccc([N+](=O)[O-])c1. The smallest absolute Gasteiger partial charge is 0.341 e. The first-order valence-corrected chi connectivity index (χ1v) is 6.43. The van der Waals surface area contributed by atoms with E-state index in [0.717, 1.165) is 12.1 Å². The Labute approximate surface area is 129 Å². The van der Waals surface area contributed by atoms with Crippen LogP contribution in [0.25, 0.3) is 0 Å². The van der Waals surface area contributed by atoms with E-state index in [1.165, 1.54) is 36.4 Å². The van der Waals surface area contributed by atoms with Crippen LogP contribution in [0, 0.1) is 15.9 Å². The molecule has 1 N–H and O–H groups in total. The topological polar surface area (TPSA) is 98.5 Å². The van der Waals surface area contributed by atoms with Crippen molar-refractivity contribution in [2.24, 2.45) is 0 Å². The van der Waals surface area contributed by atoms with Crippen molar-refractivity contribution in [1.29, 1.82) is 0 Å². The van der Waals surface area contributed by atoms with Gasteiger partial charge in [-0.3, -0.25) is 14.9 Å². The standard InChI is InChI=1S/C15H11FN2O5/c16-13-7-2-1-6-12(13)15(20)23-9-14(19)17-10-4-3-5-11(8-10)18(21)22/h1-8H,9H2,(H,17,19). The molecule has 0 saturated carbocycles. The lowest BCUT2D eigenvalue weighted by Crippen LogP contribution is -2.21. The molecule has 2 aromatic carbocycles. The van der Waals surface area contributed by atoms with Gasteiger partial charge >= 0.3 is 5.97 Å². The Balaban J connectivity index is 1.93. The molecule has 7 nitrogen and oxygen atoms in total. The molecule has 0 aliphatic rings. The summed E-state index contributed by atoms with van der Waals surface area (Å²) in [6.45, 7) is -0.643. The van der Waals surface area contributed by atoms with E-state index in [1.54, 1.807) is 0 Å². The minimum absolute atomic E-state index is 0.186. The molecule has 0 atom stereocenters. The zero-order valence-corrected chi connectivity index (χ0v) is 11.7. The van der Waals surface area contributed by atoms with Gasteiger partial charge in [0.15, 0.2) is 6.61 Å². The predicted octanol–water partition coefficient (Wildman–Crippen LogP) is 2.53. The van der Waals surface area contributed by atoms with E-state index in [1.807, 2.05) is 0 Å². The Hall–Kier alpha value is -3.29. The van der Waals surface area contributed by atoms with Crippen LogP contribution in [-0.4, -0.2) is 23.4 Å².